The number of benzene rings is 1. The summed E-state index contributed by atoms with van der Waals surface area (Å²) in [7, 11) is 0. The fraction of sp³-hybridized carbons (Fsp3) is 0.364. The first kappa shape index (κ1) is 13.7. The molecule has 1 atom stereocenters. The highest BCUT2D eigenvalue weighted by Crippen LogP contribution is 2.47. The number of hydrogen-bond acceptors (Lipinski definition) is 1. The third kappa shape index (κ3) is 2.52. The summed E-state index contributed by atoms with van der Waals surface area (Å²) in [6, 6.07) is 2.48. The molecule has 1 unspecified atom stereocenters. The maximum atomic E-state index is 12.8. The zero-order valence-electron chi connectivity index (χ0n) is 9.19. The lowest BCUT2D eigenvalue weighted by molar-refractivity contribution is -0.157. The van der Waals surface area contributed by atoms with Crippen LogP contribution in [-0.2, 0) is 11.0 Å². The molecule has 1 N–H and O–H groups in total. The molecule has 2 nitrogen and oxygen atoms in total. The van der Waals surface area contributed by atoms with E-state index in [0.717, 1.165) is 12.1 Å². The molecule has 8 heteroatoms. The Labute approximate surface area is 103 Å². The Morgan fingerprint density at radius 2 is 1.74 bits per heavy atom. The molecule has 0 aliphatic carbocycles. The second kappa shape index (κ2) is 4.14. The molecular weight excluding hydrogens is 276 g/mol. The van der Waals surface area contributed by atoms with E-state index in [1.54, 1.807) is 0 Å². The zero-order chi connectivity index (χ0) is 14.4. The summed E-state index contributed by atoms with van der Waals surface area (Å²) in [4.78, 5) is 11.2. The fourth-order valence-electron chi connectivity index (χ4n) is 2.01. The van der Waals surface area contributed by atoms with E-state index in [0.29, 0.717) is 6.07 Å². The van der Waals surface area contributed by atoms with Crippen molar-refractivity contribution >= 4 is 11.6 Å². The van der Waals surface area contributed by atoms with Crippen LogP contribution in [0.3, 0.4) is 0 Å². The summed E-state index contributed by atoms with van der Waals surface area (Å²) < 4.78 is 76.4. The van der Waals surface area contributed by atoms with Gasteiger partial charge >= 0.3 is 12.4 Å². The summed E-state index contributed by atoms with van der Waals surface area (Å²) in [6.07, 6.45) is -10.5. The van der Waals surface area contributed by atoms with E-state index in [4.69, 9.17) is 0 Å². The first-order valence-corrected chi connectivity index (χ1v) is 5.17. The van der Waals surface area contributed by atoms with Gasteiger partial charge in [-0.1, -0.05) is 12.1 Å². The molecule has 1 heterocycles. The first-order valence-electron chi connectivity index (χ1n) is 5.17. The van der Waals surface area contributed by atoms with Crippen molar-refractivity contribution in [3.63, 3.8) is 0 Å². The summed E-state index contributed by atoms with van der Waals surface area (Å²) in [5, 5.41) is 1.88. The zero-order valence-corrected chi connectivity index (χ0v) is 9.19. The van der Waals surface area contributed by atoms with Gasteiger partial charge in [-0.3, -0.25) is 4.79 Å². The molecule has 2 rings (SSSR count). The molecule has 104 valence electrons. The third-order valence-electron chi connectivity index (χ3n) is 2.83. The first-order chi connectivity index (χ1) is 8.60. The van der Waals surface area contributed by atoms with Crippen LogP contribution in [-0.4, -0.2) is 12.1 Å². The lowest BCUT2D eigenvalue weighted by atomic mass is 9.88. The Morgan fingerprint density at radius 1 is 1.11 bits per heavy atom. The van der Waals surface area contributed by atoms with Crippen LogP contribution in [0, 0.1) is 0 Å². The lowest BCUT2D eigenvalue weighted by Gasteiger charge is -2.29. The normalized spacial score (nSPS) is 19.9. The van der Waals surface area contributed by atoms with Crippen molar-refractivity contribution in [1.82, 2.24) is 0 Å². The van der Waals surface area contributed by atoms with Gasteiger partial charge in [-0.25, -0.2) is 0 Å². The molecule has 1 aromatic carbocycles. The number of anilines is 1. The van der Waals surface area contributed by atoms with Crippen LogP contribution in [0.5, 0.6) is 0 Å². The molecule has 1 amide bonds. The van der Waals surface area contributed by atoms with Gasteiger partial charge in [-0.15, -0.1) is 0 Å². The highest BCUT2D eigenvalue weighted by molar-refractivity contribution is 5.96. The molecule has 19 heavy (non-hydrogen) atoms. The number of carbonyl (C=O) groups excluding carboxylic acids is 1. The number of amides is 1. The average Bonchev–Trinajstić information content (AvgIpc) is 2.24. The van der Waals surface area contributed by atoms with E-state index >= 15 is 0 Å². The molecule has 0 spiro atoms. The Balaban J connectivity index is 2.62. The van der Waals surface area contributed by atoms with Gasteiger partial charge in [-0.2, -0.15) is 26.3 Å². The highest BCUT2D eigenvalue weighted by atomic mass is 19.4. The van der Waals surface area contributed by atoms with Crippen LogP contribution in [0.1, 0.15) is 23.5 Å². The largest absolute Gasteiger partial charge is 0.418 e. The van der Waals surface area contributed by atoms with Crippen molar-refractivity contribution in [2.75, 3.05) is 5.32 Å². The minimum absolute atomic E-state index is 0.554. The van der Waals surface area contributed by atoms with E-state index in [1.165, 1.54) is 0 Å². The summed E-state index contributed by atoms with van der Waals surface area (Å²) in [5.74, 6) is -3.29. The average molecular weight is 283 g/mol. The van der Waals surface area contributed by atoms with Crippen molar-refractivity contribution in [1.29, 1.82) is 0 Å². The Kier molecular flexibility index (Phi) is 2.98. The topological polar surface area (TPSA) is 29.1 Å². The van der Waals surface area contributed by atoms with Crippen LogP contribution in [0.15, 0.2) is 18.2 Å². The quantitative estimate of drug-likeness (QED) is 0.723. The number of fused-ring (bicyclic) bond motifs is 1. The molecule has 0 saturated carbocycles. The van der Waals surface area contributed by atoms with Gasteiger partial charge in [0.2, 0.25) is 5.91 Å². The van der Waals surface area contributed by atoms with Crippen LogP contribution in [0.4, 0.5) is 32.0 Å². The molecule has 0 radical (unpaired) electrons. The van der Waals surface area contributed by atoms with Gasteiger partial charge in [0.15, 0.2) is 0 Å². The van der Waals surface area contributed by atoms with Crippen molar-refractivity contribution in [3.8, 4) is 0 Å². The molecule has 1 aliphatic rings. The molecule has 0 bridgehead atoms. The molecule has 0 fully saturated rings. The standard InChI is InChI=1S/C11H7F6NO/c12-10(13,14)6-3-1-2-5-7(11(15,16)17)4-8(19)18-9(5)6/h1-3,7H,4H2,(H,18,19). The van der Waals surface area contributed by atoms with Crippen LogP contribution >= 0.6 is 0 Å². The van der Waals surface area contributed by atoms with Gasteiger partial charge in [0.05, 0.1) is 17.2 Å². The number of nitrogens with one attached hydrogen (secondary N) is 1. The second-order valence-corrected chi connectivity index (χ2v) is 4.11. The van der Waals surface area contributed by atoms with E-state index in [2.05, 4.69) is 0 Å². The fourth-order valence-corrected chi connectivity index (χ4v) is 2.01. The van der Waals surface area contributed by atoms with Gasteiger partial charge in [-0.05, 0) is 11.6 Å². The Morgan fingerprint density at radius 3 is 2.26 bits per heavy atom. The Hall–Kier alpha value is -1.73. The monoisotopic (exact) mass is 283 g/mol. The van der Waals surface area contributed by atoms with Crippen molar-refractivity contribution < 1.29 is 31.1 Å². The molecule has 0 aromatic heterocycles. The molecule has 0 saturated heterocycles. The molecule has 1 aromatic rings. The number of para-hydroxylation sites is 1. The van der Waals surface area contributed by atoms with Crippen LogP contribution < -0.4 is 5.32 Å². The number of hydrogen-bond donors (Lipinski definition) is 1. The maximum absolute atomic E-state index is 12.8. The van der Waals surface area contributed by atoms with Crippen molar-refractivity contribution in [2.45, 2.75) is 24.7 Å². The number of alkyl halides is 6. The second-order valence-electron chi connectivity index (χ2n) is 4.11. The lowest BCUT2D eigenvalue weighted by Crippen LogP contribution is -2.32. The third-order valence-corrected chi connectivity index (χ3v) is 2.83. The number of rotatable bonds is 0. The predicted molar refractivity (Wildman–Crippen MR) is 53.5 cm³/mol. The summed E-state index contributed by atoms with van der Waals surface area (Å²) >= 11 is 0. The van der Waals surface area contributed by atoms with Gasteiger partial charge in [0, 0.05) is 6.42 Å². The number of carbonyl (C=O) groups is 1. The summed E-state index contributed by atoms with van der Waals surface area (Å²) in [5.41, 5.74) is -2.62. The van der Waals surface area contributed by atoms with Gasteiger partial charge in [0.25, 0.3) is 0 Å². The van der Waals surface area contributed by atoms with E-state index in [9.17, 15) is 31.1 Å². The molecular formula is C11H7F6NO. The van der Waals surface area contributed by atoms with Crippen LogP contribution in [0.25, 0.3) is 0 Å². The minimum Gasteiger partial charge on any atom is -0.325 e. The molecule has 1 aliphatic heterocycles. The number of halogens is 6. The Bertz CT molecular complexity index is 519. The van der Waals surface area contributed by atoms with Gasteiger partial charge < -0.3 is 5.32 Å². The van der Waals surface area contributed by atoms with Crippen molar-refractivity contribution in [3.05, 3.63) is 29.3 Å². The maximum Gasteiger partial charge on any atom is 0.418 e. The highest BCUT2D eigenvalue weighted by Gasteiger charge is 2.47. The summed E-state index contributed by atoms with van der Waals surface area (Å²) in [6.45, 7) is 0. The smallest absolute Gasteiger partial charge is 0.325 e. The SMILES string of the molecule is O=C1CC(C(F)(F)F)c2cccc(C(F)(F)F)c2N1. The van der Waals surface area contributed by atoms with E-state index in [-0.39, 0.29) is 0 Å². The van der Waals surface area contributed by atoms with E-state index in [1.807, 2.05) is 5.32 Å². The van der Waals surface area contributed by atoms with Gasteiger partial charge in [0.1, 0.15) is 0 Å². The van der Waals surface area contributed by atoms with Crippen molar-refractivity contribution in [2.24, 2.45) is 0 Å². The van der Waals surface area contributed by atoms with Crippen LogP contribution in [0.2, 0.25) is 0 Å². The predicted octanol–water partition coefficient (Wildman–Crippen LogP) is 3.69. The van der Waals surface area contributed by atoms with E-state index < -0.39 is 47.4 Å². The minimum atomic E-state index is -4.83.